The zero-order valence-electron chi connectivity index (χ0n) is 29.9. The minimum absolute atomic E-state index is 0.127. The molecule has 0 saturated heterocycles. The van der Waals surface area contributed by atoms with Crippen LogP contribution in [0.5, 0.6) is 0 Å². The lowest BCUT2D eigenvalue weighted by molar-refractivity contribution is -0.0707. The fraction of sp³-hybridized carbons (Fsp3) is 0.939. The molecule has 238 valence electrons. The Hall–Kier alpha value is 0.0706. The van der Waals surface area contributed by atoms with Crippen LogP contribution in [0.4, 0.5) is 0 Å². The van der Waals surface area contributed by atoms with Gasteiger partial charge in [-0.05, 0) is 55.9 Å². The van der Waals surface area contributed by atoms with Crippen molar-refractivity contribution in [3.05, 3.63) is 12.3 Å². The predicted octanol–water partition coefficient (Wildman–Crippen LogP) is 11.2. The molecule has 1 aliphatic heterocycles. The summed E-state index contributed by atoms with van der Waals surface area (Å²) in [5, 5.41) is 0. The van der Waals surface area contributed by atoms with E-state index in [0.29, 0.717) is 56.5 Å². The largest absolute Gasteiger partial charge is 0.493 e. The first-order valence-corrected chi connectivity index (χ1v) is 23.0. The molecule has 3 atom stereocenters. The predicted molar refractivity (Wildman–Crippen MR) is 183 cm³/mol. The highest BCUT2D eigenvalue weighted by molar-refractivity contribution is 6.78. The fourth-order valence-corrected chi connectivity index (χ4v) is 25.5. The van der Waals surface area contributed by atoms with E-state index in [4.69, 9.17) is 18.0 Å². The zero-order valence-corrected chi connectivity index (χ0v) is 32.9. The van der Waals surface area contributed by atoms with Crippen molar-refractivity contribution in [1.29, 1.82) is 0 Å². The Bertz CT molecular complexity index is 708. The quantitative estimate of drug-likeness (QED) is 0.162. The molecule has 0 saturated carbocycles. The molecule has 4 nitrogen and oxygen atoms in total. The normalized spacial score (nSPS) is 21.5. The van der Waals surface area contributed by atoms with Gasteiger partial charge in [0.25, 0.3) is 0 Å². The average Bonchev–Trinajstić information content (AvgIpc) is 2.79. The van der Waals surface area contributed by atoms with Crippen molar-refractivity contribution in [2.24, 2.45) is 0 Å². The first kappa shape index (κ1) is 38.1. The van der Waals surface area contributed by atoms with Gasteiger partial charge in [-0.3, -0.25) is 0 Å². The molecular weight excluding hydrogens is 545 g/mol. The van der Waals surface area contributed by atoms with Crippen LogP contribution in [0.2, 0.25) is 49.9 Å². The van der Waals surface area contributed by atoms with E-state index < -0.39 is 25.0 Å². The van der Waals surface area contributed by atoms with Crippen molar-refractivity contribution in [3.63, 3.8) is 0 Å². The molecule has 1 aliphatic rings. The molecule has 0 aliphatic carbocycles. The molecular formula is C33H70O4Si3. The standard InChI is InChI=1S/C33H70O4Si3/c1-22(2)38(23(3)4,24(5)6)35-21-32-33(37-40(28(13)14,29(15)16)30(17)18)31(19-20-34-32)36-39(25(7)8,26(9)10)27(11)12/h19-20,22-33H,21H2,1-18H3/t31-,32+,33+/m0/s1. The lowest BCUT2D eigenvalue weighted by atomic mass is 10.1. The van der Waals surface area contributed by atoms with Gasteiger partial charge in [-0.2, -0.15) is 0 Å². The van der Waals surface area contributed by atoms with Crippen molar-refractivity contribution in [2.45, 2.75) is 193 Å². The molecule has 0 spiro atoms. The van der Waals surface area contributed by atoms with Gasteiger partial charge in [-0.1, -0.05) is 125 Å². The van der Waals surface area contributed by atoms with Gasteiger partial charge in [0.15, 0.2) is 0 Å². The third-order valence-electron chi connectivity index (χ3n) is 10.5. The maximum absolute atomic E-state index is 7.62. The molecule has 0 aromatic carbocycles. The van der Waals surface area contributed by atoms with Gasteiger partial charge in [0.1, 0.15) is 12.2 Å². The van der Waals surface area contributed by atoms with E-state index in [1.807, 2.05) is 6.26 Å². The molecule has 0 N–H and O–H groups in total. The third kappa shape index (κ3) is 7.40. The van der Waals surface area contributed by atoms with Gasteiger partial charge in [0.2, 0.25) is 25.0 Å². The summed E-state index contributed by atoms with van der Waals surface area (Å²) >= 11 is 0. The van der Waals surface area contributed by atoms with Crippen LogP contribution in [0.1, 0.15) is 125 Å². The van der Waals surface area contributed by atoms with Crippen molar-refractivity contribution in [2.75, 3.05) is 6.61 Å². The Morgan fingerprint density at radius 1 is 0.500 bits per heavy atom. The van der Waals surface area contributed by atoms with Gasteiger partial charge in [0.05, 0.1) is 19.0 Å². The molecule has 0 fully saturated rings. The molecule has 0 aromatic heterocycles. The summed E-state index contributed by atoms with van der Waals surface area (Å²) in [5.74, 6) is 0. The summed E-state index contributed by atoms with van der Waals surface area (Å²) in [4.78, 5) is 0. The third-order valence-corrected chi connectivity index (χ3v) is 28.8. The molecule has 0 amide bonds. The highest BCUT2D eigenvalue weighted by Gasteiger charge is 2.54. The Balaban J connectivity index is 3.72. The molecule has 0 unspecified atom stereocenters. The van der Waals surface area contributed by atoms with Crippen molar-refractivity contribution in [3.8, 4) is 0 Å². The first-order valence-electron chi connectivity index (χ1n) is 16.6. The van der Waals surface area contributed by atoms with E-state index >= 15 is 0 Å². The monoisotopic (exact) mass is 614 g/mol. The number of ether oxygens (including phenoxy) is 1. The summed E-state index contributed by atoms with van der Waals surface area (Å²) in [6.07, 6.45) is 3.57. The summed E-state index contributed by atoms with van der Waals surface area (Å²) in [5.41, 5.74) is 4.54. The average molecular weight is 615 g/mol. The van der Waals surface area contributed by atoms with E-state index in [1.165, 1.54) is 0 Å². The fourth-order valence-electron chi connectivity index (χ4n) is 9.02. The number of hydrogen-bond donors (Lipinski definition) is 0. The first-order chi connectivity index (χ1) is 18.3. The van der Waals surface area contributed by atoms with Crippen LogP contribution in [0.25, 0.3) is 0 Å². The molecule has 40 heavy (non-hydrogen) atoms. The lowest BCUT2D eigenvalue weighted by Gasteiger charge is -2.51. The minimum Gasteiger partial charge on any atom is -0.493 e. The Labute approximate surface area is 254 Å². The maximum Gasteiger partial charge on any atom is 0.201 e. The summed E-state index contributed by atoms with van der Waals surface area (Å²) in [7, 11) is -6.45. The van der Waals surface area contributed by atoms with E-state index in [1.54, 1.807) is 0 Å². The van der Waals surface area contributed by atoms with Gasteiger partial charge in [-0.15, -0.1) is 0 Å². The Morgan fingerprint density at radius 3 is 1.15 bits per heavy atom. The molecule has 0 bridgehead atoms. The topological polar surface area (TPSA) is 36.9 Å². The summed E-state index contributed by atoms with van der Waals surface area (Å²) in [6.45, 7) is 43.2. The maximum atomic E-state index is 7.62. The van der Waals surface area contributed by atoms with Gasteiger partial charge < -0.3 is 18.0 Å². The Kier molecular flexibility index (Phi) is 14.5. The molecule has 7 heteroatoms. The highest BCUT2D eigenvalue weighted by Crippen LogP contribution is 2.48. The minimum atomic E-state index is -2.22. The second-order valence-corrected chi connectivity index (χ2v) is 31.7. The van der Waals surface area contributed by atoms with Crippen molar-refractivity contribution >= 4 is 25.0 Å². The van der Waals surface area contributed by atoms with Crippen LogP contribution in [-0.2, 0) is 18.0 Å². The molecule has 1 rings (SSSR count). The van der Waals surface area contributed by atoms with Gasteiger partial charge in [0, 0.05) is 0 Å². The van der Waals surface area contributed by atoms with Crippen LogP contribution in [0.3, 0.4) is 0 Å². The summed E-state index contributed by atoms with van der Waals surface area (Å²) in [6, 6.07) is 0. The summed E-state index contributed by atoms with van der Waals surface area (Å²) < 4.78 is 28.8. The lowest BCUT2D eigenvalue weighted by Crippen LogP contribution is -2.61. The van der Waals surface area contributed by atoms with E-state index in [2.05, 4.69) is 131 Å². The van der Waals surface area contributed by atoms with Crippen LogP contribution < -0.4 is 0 Å². The zero-order chi connectivity index (χ0) is 31.4. The smallest absolute Gasteiger partial charge is 0.201 e. The van der Waals surface area contributed by atoms with E-state index in [-0.39, 0.29) is 18.3 Å². The second kappa shape index (κ2) is 15.2. The van der Waals surface area contributed by atoms with Crippen molar-refractivity contribution in [1.82, 2.24) is 0 Å². The second-order valence-electron chi connectivity index (χ2n) is 15.4. The SMILES string of the molecule is CC(C)[Si](OC[C@H]1OC=C[C@H](O[Si](C(C)C)(C(C)C)C(C)C)[C@H]1O[Si](C(C)C)(C(C)C)C(C)C)(C(C)C)C(C)C. The molecule has 0 aromatic rings. The van der Waals surface area contributed by atoms with Gasteiger partial charge >= 0.3 is 0 Å². The van der Waals surface area contributed by atoms with E-state index in [0.717, 1.165) is 0 Å². The number of rotatable bonds is 16. The van der Waals surface area contributed by atoms with Crippen LogP contribution >= 0.6 is 0 Å². The van der Waals surface area contributed by atoms with Crippen molar-refractivity contribution < 1.29 is 18.0 Å². The number of hydrogen-bond acceptors (Lipinski definition) is 4. The Morgan fingerprint density at radius 2 is 0.825 bits per heavy atom. The van der Waals surface area contributed by atoms with E-state index in [9.17, 15) is 0 Å². The van der Waals surface area contributed by atoms with Crippen LogP contribution in [0.15, 0.2) is 12.3 Å². The van der Waals surface area contributed by atoms with Crippen LogP contribution in [-0.4, -0.2) is 49.9 Å². The molecule has 0 radical (unpaired) electrons. The van der Waals surface area contributed by atoms with Crippen LogP contribution in [0, 0.1) is 0 Å². The molecule has 1 heterocycles. The highest BCUT2D eigenvalue weighted by atomic mass is 28.4. The van der Waals surface area contributed by atoms with Gasteiger partial charge in [-0.25, -0.2) is 0 Å².